The molecule has 3 nitrogen and oxygen atoms in total. The third-order valence-corrected chi connectivity index (χ3v) is 1.96. The summed E-state index contributed by atoms with van der Waals surface area (Å²) in [4.78, 5) is 11.4. The van der Waals surface area contributed by atoms with Gasteiger partial charge in [0, 0.05) is 6.04 Å². The fourth-order valence-electron chi connectivity index (χ4n) is 0.958. The predicted octanol–water partition coefficient (Wildman–Crippen LogP) is 2.00. The molecule has 0 radical (unpaired) electrons. The quantitative estimate of drug-likeness (QED) is 0.804. The van der Waals surface area contributed by atoms with E-state index in [9.17, 15) is 4.79 Å². The summed E-state index contributed by atoms with van der Waals surface area (Å²) in [7, 11) is 0. The molecule has 15 heavy (non-hydrogen) atoms. The fourth-order valence-corrected chi connectivity index (χ4v) is 0.958. The number of hydrogen-bond acceptors (Lipinski definition) is 3. The lowest BCUT2D eigenvalue weighted by Crippen LogP contribution is -2.26. The Hall–Kier alpha value is -1.06. The Bertz CT molecular complexity index is 290. The average Bonchev–Trinajstić information content (AvgIpc) is 2.26. The third-order valence-electron chi connectivity index (χ3n) is 1.96. The smallest absolute Gasteiger partial charge is 0.338 e. The van der Waals surface area contributed by atoms with Gasteiger partial charge >= 0.3 is 5.97 Å². The average molecular weight is 230 g/mol. The molecule has 0 saturated heterocycles. The summed E-state index contributed by atoms with van der Waals surface area (Å²) in [6.45, 7) is 2.24. The Morgan fingerprint density at radius 1 is 1.40 bits per heavy atom. The maximum absolute atomic E-state index is 11.4. The second kappa shape index (κ2) is 7.26. The van der Waals surface area contributed by atoms with Crippen molar-refractivity contribution in [2.75, 3.05) is 6.61 Å². The first-order valence-electron chi connectivity index (χ1n) is 4.71. The Morgan fingerprint density at radius 3 is 2.53 bits per heavy atom. The minimum Gasteiger partial charge on any atom is -0.460 e. The lowest BCUT2D eigenvalue weighted by Gasteiger charge is -2.09. The zero-order valence-corrected chi connectivity index (χ0v) is 9.50. The Morgan fingerprint density at radius 2 is 2.00 bits per heavy atom. The molecule has 0 aromatic heterocycles. The molecule has 0 aliphatic heterocycles. The molecule has 4 heteroatoms. The van der Waals surface area contributed by atoms with Crippen LogP contribution in [0.3, 0.4) is 0 Å². The van der Waals surface area contributed by atoms with Crippen LogP contribution in [0.15, 0.2) is 30.3 Å². The summed E-state index contributed by atoms with van der Waals surface area (Å²) >= 11 is 0. The first kappa shape index (κ1) is 13.9. The Balaban J connectivity index is 0.00000196. The van der Waals surface area contributed by atoms with Gasteiger partial charge in [-0.2, -0.15) is 0 Å². The maximum Gasteiger partial charge on any atom is 0.338 e. The van der Waals surface area contributed by atoms with Crippen molar-refractivity contribution in [2.24, 2.45) is 5.73 Å². The zero-order chi connectivity index (χ0) is 10.4. The SMILES string of the molecule is CCC(N)COC(=O)c1ccccc1.Cl. The van der Waals surface area contributed by atoms with Crippen LogP contribution in [0.2, 0.25) is 0 Å². The van der Waals surface area contributed by atoms with E-state index in [0.717, 1.165) is 6.42 Å². The summed E-state index contributed by atoms with van der Waals surface area (Å²) in [5.41, 5.74) is 6.19. The van der Waals surface area contributed by atoms with Crippen LogP contribution in [0.4, 0.5) is 0 Å². The minimum atomic E-state index is -0.311. The molecular formula is C11H16ClNO2. The monoisotopic (exact) mass is 229 g/mol. The second-order valence-corrected chi connectivity index (χ2v) is 3.13. The minimum absolute atomic E-state index is 0. The molecule has 2 N–H and O–H groups in total. The van der Waals surface area contributed by atoms with E-state index >= 15 is 0 Å². The van der Waals surface area contributed by atoms with E-state index in [2.05, 4.69) is 0 Å². The molecule has 0 fully saturated rings. The number of nitrogens with two attached hydrogens (primary N) is 1. The molecule has 0 aliphatic rings. The van der Waals surface area contributed by atoms with Gasteiger partial charge < -0.3 is 10.5 Å². The van der Waals surface area contributed by atoms with Crippen molar-refractivity contribution in [1.29, 1.82) is 0 Å². The summed E-state index contributed by atoms with van der Waals surface area (Å²) in [6, 6.07) is 8.84. The number of esters is 1. The molecule has 1 aromatic rings. The molecule has 0 saturated carbocycles. The van der Waals surface area contributed by atoms with Crippen LogP contribution in [0.25, 0.3) is 0 Å². The van der Waals surface area contributed by atoms with Gasteiger partial charge in [-0.05, 0) is 18.6 Å². The number of carbonyl (C=O) groups is 1. The van der Waals surface area contributed by atoms with E-state index in [-0.39, 0.29) is 31.0 Å². The molecule has 0 spiro atoms. The molecule has 1 aromatic carbocycles. The van der Waals surface area contributed by atoms with Gasteiger partial charge in [-0.1, -0.05) is 25.1 Å². The van der Waals surface area contributed by atoms with E-state index in [4.69, 9.17) is 10.5 Å². The lowest BCUT2D eigenvalue weighted by atomic mass is 10.2. The van der Waals surface area contributed by atoms with Crippen molar-refractivity contribution >= 4 is 18.4 Å². The van der Waals surface area contributed by atoms with Gasteiger partial charge in [-0.3, -0.25) is 0 Å². The highest BCUT2D eigenvalue weighted by Gasteiger charge is 2.07. The Labute approximate surface area is 96.0 Å². The number of carbonyl (C=O) groups excluding carboxylic acids is 1. The van der Waals surface area contributed by atoms with Gasteiger partial charge in [-0.15, -0.1) is 12.4 Å². The van der Waals surface area contributed by atoms with E-state index < -0.39 is 0 Å². The molecule has 0 aliphatic carbocycles. The molecule has 0 heterocycles. The van der Waals surface area contributed by atoms with Crippen molar-refractivity contribution in [1.82, 2.24) is 0 Å². The van der Waals surface area contributed by atoms with Crippen LogP contribution in [0.1, 0.15) is 23.7 Å². The van der Waals surface area contributed by atoms with Crippen LogP contribution < -0.4 is 5.73 Å². The summed E-state index contributed by atoms with van der Waals surface area (Å²) in [5.74, 6) is -0.311. The standard InChI is InChI=1S/C11H15NO2.ClH/c1-2-10(12)8-14-11(13)9-6-4-3-5-7-9;/h3-7,10H,2,8,12H2,1H3;1H. The van der Waals surface area contributed by atoms with E-state index in [0.29, 0.717) is 5.56 Å². The summed E-state index contributed by atoms with van der Waals surface area (Å²) in [5, 5.41) is 0. The molecule has 1 unspecified atom stereocenters. The maximum atomic E-state index is 11.4. The van der Waals surface area contributed by atoms with Crippen molar-refractivity contribution in [2.45, 2.75) is 19.4 Å². The van der Waals surface area contributed by atoms with E-state index in [1.54, 1.807) is 24.3 Å². The summed E-state index contributed by atoms with van der Waals surface area (Å²) in [6.07, 6.45) is 0.808. The van der Waals surface area contributed by atoms with Gasteiger partial charge in [-0.25, -0.2) is 4.79 Å². The largest absolute Gasteiger partial charge is 0.460 e. The Kier molecular flexibility index (Phi) is 6.75. The van der Waals surface area contributed by atoms with Gasteiger partial charge in [0.15, 0.2) is 0 Å². The van der Waals surface area contributed by atoms with Crippen LogP contribution in [0, 0.1) is 0 Å². The predicted molar refractivity (Wildman–Crippen MR) is 62.2 cm³/mol. The lowest BCUT2D eigenvalue weighted by molar-refractivity contribution is 0.0480. The fraction of sp³-hybridized carbons (Fsp3) is 0.364. The molecule has 1 atom stereocenters. The molecule has 0 bridgehead atoms. The third kappa shape index (κ3) is 4.81. The van der Waals surface area contributed by atoms with Crippen LogP contribution in [-0.4, -0.2) is 18.6 Å². The normalized spacial score (nSPS) is 11.3. The number of benzene rings is 1. The highest BCUT2D eigenvalue weighted by molar-refractivity contribution is 5.89. The van der Waals surface area contributed by atoms with Crippen molar-refractivity contribution < 1.29 is 9.53 Å². The van der Waals surface area contributed by atoms with Crippen LogP contribution >= 0.6 is 12.4 Å². The van der Waals surface area contributed by atoms with Crippen molar-refractivity contribution in [3.8, 4) is 0 Å². The molecular weight excluding hydrogens is 214 g/mol. The number of rotatable bonds is 4. The zero-order valence-electron chi connectivity index (χ0n) is 8.68. The molecule has 1 rings (SSSR count). The number of hydrogen-bond donors (Lipinski definition) is 1. The highest BCUT2D eigenvalue weighted by Crippen LogP contribution is 2.01. The first-order chi connectivity index (χ1) is 6.74. The number of halogens is 1. The highest BCUT2D eigenvalue weighted by atomic mass is 35.5. The number of ether oxygens (including phenoxy) is 1. The molecule has 84 valence electrons. The topological polar surface area (TPSA) is 52.3 Å². The van der Waals surface area contributed by atoms with E-state index in [1.165, 1.54) is 0 Å². The first-order valence-corrected chi connectivity index (χ1v) is 4.71. The van der Waals surface area contributed by atoms with E-state index in [1.807, 2.05) is 13.0 Å². The molecule has 0 amide bonds. The van der Waals surface area contributed by atoms with Crippen LogP contribution in [0.5, 0.6) is 0 Å². The van der Waals surface area contributed by atoms with Gasteiger partial charge in [0.25, 0.3) is 0 Å². The van der Waals surface area contributed by atoms with Crippen molar-refractivity contribution in [3.05, 3.63) is 35.9 Å². The van der Waals surface area contributed by atoms with Crippen LogP contribution in [-0.2, 0) is 4.74 Å². The van der Waals surface area contributed by atoms with Gasteiger partial charge in [0.05, 0.1) is 5.56 Å². The van der Waals surface area contributed by atoms with Gasteiger partial charge in [0.1, 0.15) is 6.61 Å². The summed E-state index contributed by atoms with van der Waals surface area (Å²) < 4.78 is 5.02. The van der Waals surface area contributed by atoms with Gasteiger partial charge in [0.2, 0.25) is 0 Å². The second-order valence-electron chi connectivity index (χ2n) is 3.13. The van der Waals surface area contributed by atoms with Crippen molar-refractivity contribution in [3.63, 3.8) is 0 Å².